The maximum absolute atomic E-state index is 12.9. The predicted octanol–water partition coefficient (Wildman–Crippen LogP) is 2.42. The van der Waals surface area contributed by atoms with E-state index >= 15 is 0 Å². The monoisotopic (exact) mass is 369 g/mol. The van der Waals surface area contributed by atoms with E-state index in [1.54, 1.807) is 19.2 Å². The molecule has 1 aromatic heterocycles. The molecule has 0 bridgehead atoms. The Bertz CT molecular complexity index is 878. The summed E-state index contributed by atoms with van der Waals surface area (Å²) in [6, 6.07) is 13.5. The van der Waals surface area contributed by atoms with E-state index in [1.807, 2.05) is 24.3 Å². The molecule has 8 heteroatoms. The van der Waals surface area contributed by atoms with Gasteiger partial charge in [-0.05, 0) is 42.0 Å². The number of hydrogen-bond acceptors (Lipinski definition) is 5. The van der Waals surface area contributed by atoms with Crippen molar-refractivity contribution in [1.29, 1.82) is 0 Å². The van der Waals surface area contributed by atoms with E-state index in [4.69, 9.17) is 4.74 Å². The summed E-state index contributed by atoms with van der Waals surface area (Å²) in [6.45, 7) is 0.784. The van der Waals surface area contributed by atoms with Gasteiger partial charge in [0.25, 0.3) is 0 Å². The molecule has 2 aromatic carbocycles. The average Bonchev–Trinajstić information content (AvgIpc) is 3.13. The Morgan fingerprint density at radius 1 is 1.11 bits per heavy atom. The molecule has 1 amide bonds. The molecule has 0 spiro atoms. The zero-order chi connectivity index (χ0) is 19.1. The highest BCUT2D eigenvalue weighted by atomic mass is 19.1. The molecule has 3 aromatic rings. The second kappa shape index (κ2) is 8.79. The van der Waals surface area contributed by atoms with E-state index in [-0.39, 0.29) is 18.1 Å². The molecule has 3 rings (SSSR count). The summed E-state index contributed by atoms with van der Waals surface area (Å²) < 4.78 is 18.0. The van der Waals surface area contributed by atoms with Gasteiger partial charge in [-0.3, -0.25) is 9.89 Å². The van der Waals surface area contributed by atoms with Crippen LogP contribution in [0.1, 0.15) is 17.2 Å². The van der Waals surface area contributed by atoms with Gasteiger partial charge in [-0.15, -0.1) is 0 Å². The molecule has 0 unspecified atom stereocenters. The number of rotatable bonds is 8. The van der Waals surface area contributed by atoms with Gasteiger partial charge in [0.2, 0.25) is 5.91 Å². The van der Waals surface area contributed by atoms with E-state index in [9.17, 15) is 9.18 Å². The highest BCUT2D eigenvalue weighted by molar-refractivity contribution is 5.77. The maximum Gasteiger partial charge on any atom is 0.228 e. The summed E-state index contributed by atoms with van der Waals surface area (Å²) in [7, 11) is 1.62. The minimum absolute atomic E-state index is 0.0697. The van der Waals surface area contributed by atoms with Crippen LogP contribution in [0.5, 0.6) is 5.75 Å². The number of carbonyl (C=O) groups excluding carboxylic acids is 1. The Hall–Kier alpha value is -3.42. The van der Waals surface area contributed by atoms with Crippen molar-refractivity contribution in [1.82, 2.24) is 20.5 Å². The SMILES string of the molecule is COc1ccc(NCc2nc(CC(=O)NCc3ccc(F)cc3)n[nH]2)cc1. The van der Waals surface area contributed by atoms with Crippen LogP contribution in [0.15, 0.2) is 48.5 Å². The predicted molar refractivity (Wildman–Crippen MR) is 98.7 cm³/mol. The highest BCUT2D eigenvalue weighted by Gasteiger charge is 2.09. The third kappa shape index (κ3) is 5.53. The number of H-pyrrole nitrogens is 1. The van der Waals surface area contributed by atoms with Crippen LogP contribution in [0.25, 0.3) is 0 Å². The smallest absolute Gasteiger partial charge is 0.228 e. The molecular weight excluding hydrogens is 349 g/mol. The maximum atomic E-state index is 12.9. The van der Waals surface area contributed by atoms with E-state index < -0.39 is 0 Å². The van der Waals surface area contributed by atoms with Crippen LogP contribution in [0.4, 0.5) is 10.1 Å². The number of carbonyl (C=O) groups is 1. The first-order valence-electron chi connectivity index (χ1n) is 8.41. The topological polar surface area (TPSA) is 91.9 Å². The molecule has 1 heterocycles. The molecule has 3 N–H and O–H groups in total. The van der Waals surface area contributed by atoms with Crippen molar-refractivity contribution < 1.29 is 13.9 Å². The third-order valence-corrected chi connectivity index (χ3v) is 3.85. The first kappa shape index (κ1) is 18.4. The molecule has 0 aliphatic rings. The lowest BCUT2D eigenvalue weighted by Gasteiger charge is -2.05. The van der Waals surface area contributed by atoms with E-state index in [0.29, 0.717) is 24.7 Å². The van der Waals surface area contributed by atoms with Gasteiger partial charge in [0.1, 0.15) is 17.4 Å². The Kier molecular flexibility index (Phi) is 5.98. The summed E-state index contributed by atoms with van der Waals surface area (Å²) in [6.07, 6.45) is 0.0697. The number of hydrogen-bond donors (Lipinski definition) is 3. The van der Waals surface area contributed by atoms with Gasteiger partial charge in [0.15, 0.2) is 5.82 Å². The van der Waals surface area contributed by atoms with Crippen molar-refractivity contribution in [3.63, 3.8) is 0 Å². The molecule has 0 atom stereocenters. The molecule has 0 saturated carbocycles. The normalized spacial score (nSPS) is 10.4. The van der Waals surface area contributed by atoms with Gasteiger partial charge < -0.3 is 15.4 Å². The lowest BCUT2D eigenvalue weighted by molar-refractivity contribution is -0.120. The van der Waals surface area contributed by atoms with E-state index in [0.717, 1.165) is 17.0 Å². The fourth-order valence-electron chi connectivity index (χ4n) is 2.40. The first-order chi connectivity index (χ1) is 13.1. The standard InChI is InChI=1S/C19H20FN5O2/c1-27-16-8-6-15(7-9-16)21-12-18-23-17(24-25-18)10-19(26)22-11-13-2-4-14(20)5-3-13/h2-9,21H,10-12H2,1H3,(H,22,26)(H,23,24,25). The van der Waals surface area contributed by atoms with Crippen molar-refractivity contribution in [2.45, 2.75) is 19.5 Å². The second-order valence-corrected chi connectivity index (χ2v) is 5.86. The lowest BCUT2D eigenvalue weighted by atomic mass is 10.2. The molecule has 0 saturated heterocycles. The summed E-state index contributed by atoms with van der Waals surface area (Å²) in [5.41, 5.74) is 1.75. The summed E-state index contributed by atoms with van der Waals surface area (Å²) >= 11 is 0. The number of methoxy groups -OCH3 is 1. The number of benzene rings is 2. The van der Waals surface area contributed by atoms with Gasteiger partial charge in [-0.25, -0.2) is 9.37 Å². The highest BCUT2D eigenvalue weighted by Crippen LogP contribution is 2.15. The fourth-order valence-corrected chi connectivity index (χ4v) is 2.40. The zero-order valence-electron chi connectivity index (χ0n) is 14.8. The molecule has 0 radical (unpaired) electrons. The first-order valence-corrected chi connectivity index (χ1v) is 8.41. The number of ether oxygens (including phenoxy) is 1. The Balaban J connectivity index is 1.45. The zero-order valence-corrected chi connectivity index (χ0v) is 14.8. The van der Waals surface area contributed by atoms with Crippen LogP contribution in [-0.2, 0) is 24.3 Å². The van der Waals surface area contributed by atoms with Crippen molar-refractivity contribution in [2.24, 2.45) is 0 Å². The Labute approximate surface area is 156 Å². The van der Waals surface area contributed by atoms with Crippen LogP contribution in [-0.4, -0.2) is 28.2 Å². The Morgan fingerprint density at radius 2 is 1.85 bits per heavy atom. The number of amides is 1. The van der Waals surface area contributed by atoms with Gasteiger partial charge >= 0.3 is 0 Å². The number of aromatic amines is 1. The molecule has 7 nitrogen and oxygen atoms in total. The van der Waals surface area contributed by atoms with Crippen LogP contribution >= 0.6 is 0 Å². The minimum atomic E-state index is -0.304. The molecular formula is C19H20FN5O2. The van der Waals surface area contributed by atoms with Crippen LogP contribution in [0.2, 0.25) is 0 Å². The van der Waals surface area contributed by atoms with E-state index in [2.05, 4.69) is 25.8 Å². The minimum Gasteiger partial charge on any atom is -0.497 e. The number of aromatic nitrogens is 3. The number of halogens is 1. The second-order valence-electron chi connectivity index (χ2n) is 5.86. The molecule has 0 aliphatic heterocycles. The number of anilines is 1. The Morgan fingerprint density at radius 3 is 2.56 bits per heavy atom. The molecule has 140 valence electrons. The number of nitrogens with one attached hydrogen (secondary N) is 3. The van der Waals surface area contributed by atoms with Crippen molar-refractivity contribution in [3.05, 3.63) is 71.6 Å². The van der Waals surface area contributed by atoms with Gasteiger partial charge in [-0.1, -0.05) is 12.1 Å². The lowest BCUT2D eigenvalue weighted by Crippen LogP contribution is -2.25. The van der Waals surface area contributed by atoms with Crippen molar-refractivity contribution in [2.75, 3.05) is 12.4 Å². The van der Waals surface area contributed by atoms with Crippen molar-refractivity contribution >= 4 is 11.6 Å². The van der Waals surface area contributed by atoms with Crippen molar-refractivity contribution in [3.8, 4) is 5.75 Å². The molecule has 0 fully saturated rings. The molecule has 27 heavy (non-hydrogen) atoms. The average molecular weight is 369 g/mol. The van der Waals surface area contributed by atoms with Crippen LogP contribution in [0, 0.1) is 5.82 Å². The van der Waals surface area contributed by atoms with Gasteiger partial charge in [0, 0.05) is 12.2 Å². The molecule has 0 aliphatic carbocycles. The largest absolute Gasteiger partial charge is 0.497 e. The van der Waals surface area contributed by atoms with Crippen LogP contribution < -0.4 is 15.4 Å². The third-order valence-electron chi connectivity index (χ3n) is 3.85. The van der Waals surface area contributed by atoms with Crippen LogP contribution in [0.3, 0.4) is 0 Å². The van der Waals surface area contributed by atoms with E-state index in [1.165, 1.54) is 12.1 Å². The summed E-state index contributed by atoms with van der Waals surface area (Å²) in [4.78, 5) is 16.3. The fraction of sp³-hybridized carbons (Fsp3) is 0.211. The van der Waals surface area contributed by atoms with Gasteiger partial charge in [0.05, 0.1) is 20.1 Å². The quantitative estimate of drug-likeness (QED) is 0.567. The van der Waals surface area contributed by atoms with Gasteiger partial charge in [-0.2, -0.15) is 5.10 Å². The number of nitrogens with zero attached hydrogens (tertiary/aromatic N) is 2. The summed E-state index contributed by atoms with van der Waals surface area (Å²) in [5, 5.41) is 12.8. The summed E-state index contributed by atoms with van der Waals surface area (Å²) in [5.74, 6) is 1.33.